The highest BCUT2D eigenvalue weighted by Gasteiger charge is 2.32. The number of hydrogen-bond donors (Lipinski definition) is 3. The number of piperidine rings is 1. The lowest BCUT2D eigenvalue weighted by Gasteiger charge is -2.37. The molecular formula is C27H32FN5O3. The van der Waals surface area contributed by atoms with Gasteiger partial charge in [-0.1, -0.05) is 24.3 Å². The smallest absolute Gasteiger partial charge is 0.317 e. The van der Waals surface area contributed by atoms with Crippen molar-refractivity contribution in [2.75, 3.05) is 45.9 Å². The predicted octanol–water partition coefficient (Wildman–Crippen LogP) is 2.97. The average Bonchev–Trinajstić information content (AvgIpc) is 3.48. The summed E-state index contributed by atoms with van der Waals surface area (Å²) in [4.78, 5) is 32.2. The molecule has 9 heteroatoms. The number of fused-ring (bicyclic) bond motifs is 1. The van der Waals surface area contributed by atoms with E-state index in [4.69, 9.17) is 4.74 Å². The molecule has 36 heavy (non-hydrogen) atoms. The van der Waals surface area contributed by atoms with Crippen LogP contribution in [0.5, 0.6) is 5.75 Å². The van der Waals surface area contributed by atoms with Crippen LogP contribution in [0.25, 0.3) is 10.9 Å². The number of nitrogens with zero attached hydrogens (tertiary/aromatic N) is 2. The summed E-state index contributed by atoms with van der Waals surface area (Å²) in [5.74, 6) is 0.0773. The first kappa shape index (κ1) is 24.1. The summed E-state index contributed by atoms with van der Waals surface area (Å²) in [7, 11) is 0. The molecule has 0 aliphatic carbocycles. The first-order valence-electron chi connectivity index (χ1n) is 12.5. The molecule has 3 heterocycles. The van der Waals surface area contributed by atoms with E-state index in [9.17, 15) is 14.0 Å². The maximum atomic E-state index is 13.6. The highest BCUT2D eigenvalue weighted by atomic mass is 19.1. The summed E-state index contributed by atoms with van der Waals surface area (Å²) in [5, 5.41) is 6.98. The van der Waals surface area contributed by atoms with Crippen molar-refractivity contribution in [2.24, 2.45) is 11.8 Å². The predicted molar refractivity (Wildman–Crippen MR) is 135 cm³/mol. The highest BCUT2D eigenvalue weighted by molar-refractivity contribution is 5.83. The Kier molecular flexibility index (Phi) is 7.36. The van der Waals surface area contributed by atoms with E-state index in [1.54, 1.807) is 17.0 Å². The Morgan fingerprint density at radius 2 is 2.06 bits per heavy atom. The molecule has 3 amide bonds. The standard InChI is InChI=1S/C27H32FN5O3/c28-22-4-3-5-23(13-22)36-18-19-12-20(26(34)29-8-10-33-11-9-30-27(33)35)16-32(15-19)17-21-14-31-25-7-2-1-6-24(21)25/h1-7,13-14,19-20,31H,8-12,15-18H2,(H,29,34)(H,30,35)/t19-,20+/m0/s1. The number of carbonyl (C=O) groups excluding carboxylic acids is 2. The van der Waals surface area contributed by atoms with Gasteiger partial charge in [0.05, 0.1) is 12.5 Å². The second-order valence-corrected chi connectivity index (χ2v) is 9.63. The van der Waals surface area contributed by atoms with Crippen molar-refractivity contribution in [1.29, 1.82) is 0 Å². The molecule has 2 aliphatic heterocycles. The van der Waals surface area contributed by atoms with Gasteiger partial charge in [-0.05, 0) is 30.2 Å². The normalized spacial score (nSPS) is 20.5. The number of halogens is 1. The summed E-state index contributed by atoms with van der Waals surface area (Å²) in [6, 6.07) is 14.3. The van der Waals surface area contributed by atoms with Gasteiger partial charge in [-0.15, -0.1) is 0 Å². The molecule has 190 valence electrons. The number of likely N-dealkylation sites (tertiary alicyclic amines) is 1. The molecule has 5 rings (SSSR count). The summed E-state index contributed by atoms with van der Waals surface area (Å²) >= 11 is 0. The Hall–Kier alpha value is -3.59. The Bertz CT molecular complexity index is 1210. The van der Waals surface area contributed by atoms with Gasteiger partial charge >= 0.3 is 6.03 Å². The van der Waals surface area contributed by atoms with E-state index in [0.717, 1.165) is 18.6 Å². The molecule has 8 nitrogen and oxygen atoms in total. The van der Waals surface area contributed by atoms with Crippen molar-refractivity contribution in [3.63, 3.8) is 0 Å². The zero-order valence-corrected chi connectivity index (χ0v) is 20.2. The van der Waals surface area contributed by atoms with E-state index in [1.807, 2.05) is 18.3 Å². The molecule has 2 aliphatic rings. The van der Waals surface area contributed by atoms with E-state index in [-0.39, 0.29) is 29.6 Å². The lowest BCUT2D eigenvalue weighted by atomic mass is 9.88. The molecule has 2 atom stereocenters. The van der Waals surface area contributed by atoms with Gasteiger partial charge in [-0.2, -0.15) is 0 Å². The monoisotopic (exact) mass is 493 g/mol. The molecule has 0 radical (unpaired) electrons. The number of urea groups is 1. The molecule has 0 spiro atoms. The Labute approximate surface area is 209 Å². The number of rotatable bonds is 9. The van der Waals surface area contributed by atoms with Crippen LogP contribution < -0.4 is 15.4 Å². The molecule has 2 saturated heterocycles. The van der Waals surface area contributed by atoms with E-state index in [0.29, 0.717) is 51.5 Å². The van der Waals surface area contributed by atoms with Gasteiger partial charge < -0.3 is 25.3 Å². The zero-order chi connectivity index (χ0) is 24.9. The third-order valence-corrected chi connectivity index (χ3v) is 6.96. The molecule has 0 bridgehead atoms. The minimum atomic E-state index is -0.332. The van der Waals surface area contributed by atoms with Crippen molar-refractivity contribution in [1.82, 2.24) is 25.4 Å². The number of aromatic amines is 1. The van der Waals surface area contributed by atoms with Crippen LogP contribution in [0.1, 0.15) is 12.0 Å². The third kappa shape index (κ3) is 5.79. The average molecular weight is 494 g/mol. The van der Waals surface area contributed by atoms with Gasteiger partial charge in [0.15, 0.2) is 0 Å². The van der Waals surface area contributed by atoms with Crippen molar-refractivity contribution in [3.8, 4) is 5.75 Å². The van der Waals surface area contributed by atoms with Gasteiger partial charge in [-0.3, -0.25) is 9.69 Å². The number of hydrogen-bond acceptors (Lipinski definition) is 4. The fraction of sp³-hybridized carbons (Fsp3) is 0.407. The topological polar surface area (TPSA) is 89.7 Å². The SMILES string of the molecule is O=C(NCCN1CCNC1=O)[C@@H]1C[C@H](COc2cccc(F)c2)CN(Cc2c[nH]c3ccccc23)C1. The third-order valence-electron chi connectivity index (χ3n) is 6.96. The van der Waals surface area contributed by atoms with Crippen LogP contribution in [-0.2, 0) is 11.3 Å². The quantitative estimate of drug-likeness (QED) is 0.428. The van der Waals surface area contributed by atoms with Gasteiger partial charge in [-0.25, -0.2) is 9.18 Å². The lowest BCUT2D eigenvalue weighted by Crippen LogP contribution is -2.48. The molecule has 0 unspecified atom stereocenters. The van der Waals surface area contributed by atoms with Crippen LogP contribution >= 0.6 is 0 Å². The van der Waals surface area contributed by atoms with Crippen molar-refractivity contribution in [3.05, 3.63) is 66.1 Å². The zero-order valence-electron chi connectivity index (χ0n) is 20.2. The number of nitrogens with one attached hydrogen (secondary N) is 3. The Morgan fingerprint density at radius 3 is 2.89 bits per heavy atom. The number of carbonyl (C=O) groups is 2. The van der Waals surface area contributed by atoms with E-state index >= 15 is 0 Å². The summed E-state index contributed by atoms with van der Waals surface area (Å²) in [6.45, 7) is 4.79. The van der Waals surface area contributed by atoms with Crippen LogP contribution in [0.4, 0.5) is 9.18 Å². The minimum absolute atomic E-state index is 0.00557. The van der Waals surface area contributed by atoms with Gasteiger partial charge in [0, 0.05) is 74.9 Å². The molecular weight excluding hydrogens is 461 g/mol. The number of amides is 3. The molecule has 3 aromatic rings. The van der Waals surface area contributed by atoms with Crippen molar-refractivity contribution < 1.29 is 18.7 Å². The van der Waals surface area contributed by atoms with Gasteiger partial charge in [0.25, 0.3) is 0 Å². The van der Waals surface area contributed by atoms with Crippen LogP contribution in [0.2, 0.25) is 0 Å². The highest BCUT2D eigenvalue weighted by Crippen LogP contribution is 2.27. The number of para-hydroxylation sites is 1. The van der Waals surface area contributed by atoms with Crippen molar-refractivity contribution in [2.45, 2.75) is 13.0 Å². The fourth-order valence-electron chi connectivity index (χ4n) is 5.20. The number of aromatic nitrogens is 1. The number of H-pyrrole nitrogens is 1. The number of ether oxygens (including phenoxy) is 1. The van der Waals surface area contributed by atoms with Crippen molar-refractivity contribution >= 4 is 22.8 Å². The second kappa shape index (κ2) is 11.0. The van der Waals surface area contributed by atoms with Gasteiger partial charge in [0.1, 0.15) is 11.6 Å². The first-order valence-corrected chi connectivity index (χ1v) is 12.5. The minimum Gasteiger partial charge on any atom is -0.493 e. The number of benzene rings is 2. The summed E-state index contributed by atoms with van der Waals surface area (Å²) < 4.78 is 19.5. The van der Waals surface area contributed by atoms with E-state index < -0.39 is 0 Å². The molecule has 0 saturated carbocycles. The molecule has 3 N–H and O–H groups in total. The Morgan fingerprint density at radius 1 is 1.17 bits per heavy atom. The van der Waals surface area contributed by atoms with E-state index in [1.165, 1.54) is 23.1 Å². The van der Waals surface area contributed by atoms with Crippen LogP contribution in [0.15, 0.2) is 54.7 Å². The summed E-state index contributed by atoms with van der Waals surface area (Å²) in [5.41, 5.74) is 2.28. The molecule has 2 aromatic carbocycles. The summed E-state index contributed by atoms with van der Waals surface area (Å²) in [6.07, 6.45) is 2.73. The maximum Gasteiger partial charge on any atom is 0.317 e. The van der Waals surface area contributed by atoms with Crippen LogP contribution in [0, 0.1) is 17.7 Å². The molecule has 1 aromatic heterocycles. The lowest BCUT2D eigenvalue weighted by molar-refractivity contribution is -0.127. The van der Waals surface area contributed by atoms with Crippen LogP contribution in [0.3, 0.4) is 0 Å². The van der Waals surface area contributed by atoms with E-state index in [2.05, 4.69) is 32.7 Å². The maximum absolute atomic E-state index is 13.6. The largest absolute Gasteiger partial charge is 0.493 e. The van der Waals surface area contributed by atoms with Gasteiger partial charge in [0.2, 0.25) is 5.91 Å². The van der Waals surface area contributed by atoms with Crippen LogP contribution in [-0.4, -0.2) is 72.6 Å². The second-order valence-electron chi connectivity index (χ2n) is 9.63. The fourth-order valence-corrected chi connectivity index (χ4v) is 5.20. The first-order chi connectivity index (χ1) is 17.5. The Balaban J connectivity index is 1.24. The molecule has 2 fully saturated rings.